The first-order chi connectivity index (χ1) is 8.20. The van der Waals surface area contributed by atoms with Crippen molar-refractivity contribution < 1.29 is 4.39 Å². The number of nitrogens with zero attached hydrogens (tertiary/aromatic N) is 1. The number of rotatable bonds is 4. The molecule has 90 valence electrons. The highest BCUT2D eigenvalue weighted by atomic mass is 32.1. The van der Waals surface area contributed by atoms with Crippen molar-refractivity contribution in [2.45, 2.75) is 26.2 Å². The number of nitrogen functional groups attached to an aromatic ring is 1. The van der Waals surface area contributed by atoms with Gasteiger partial charge in [0.05, 0.1) is 5.69 Å². The Morgan fingerprint density at radius 2 is 2.12 bits per heavy atom. The quantitative estimate of drug-likeness (QED) is 0.903. The maximum absolute atomic E-state index is 13.6. The first-order valence-electron chi connectivity index (χ1n) is 5.68. The van der Waals surface area contributed by atoms with Crippen molar-refractivity contribution in [3.8, 4) is 0 Å². The van der Waals surface area contributed by atoms with Gasteiger partial charge in [0.2, 0.25) is 0 Å². The molecule has 0 spiro atoms. The second kappa shape index (κ2) is 5.27. The zero-order valence-corrected chi connectivity index (χ0v) is 10.6. The molecule has 1 aromatic heterocycles. The van der Waals surface area contributed by atoms with Gasteiger partial charge in [-0.3, -0.25) is 0 Å². The first-order valence-corrected chi connectivity index (χ1v) is 6.49. The van der Waals surface area contributed by atoms with Crippen molar-refractivity contribution in [1.29, 1.82) is 0 Å². The zero-order chi connectivity index (χ0) is 12.3. The maximum atomic E-state index is 13.6. The third-order valence-corrected chi connectivity index (χ3v) is 3.52. The number of benzene rings is 1. The lowest BCUT2D eigenvalue weighted by molar-refractivity contribution is 0.614. The average molecular weight is 250 g/mol. The zero-order valence-electron chi connectivity index (χ0n) is 9.74. The Labute approximate surface area is 104 Å². The van der Waals surface area contributed by atoms with Crippen LogP contribution in [0, 0.1) is 5.82 Å². The molecule has 2 nitrogen and oxygen atoms in total. The maximum Gasteiger partial charge on any atom is 0.180 e. The fourth-order valence-electron chi connectivity index (χ4n) is 1.79. The molecular formula is C13H15FN2S. The summed E-state index contributed by atoms with van der Waals surface area (Å²) in [7, 11) is 0. The Morgan fingerprint density at radius 3 is 2.82 bits per heavy atom. The molecule has 0 aliphatic rings. The highest BCUT2D eigenvalue weighted by Crippen LogP contribution is 2.25. The Morgan fingerprint density at radius 1 is 1.35 bits per heavy atom. The molecule has 0 saturated carbocycles. The number of aromatic nitrogens is 1. The van der Waals surface area contributed by atoms with Gasteiger partial charge in [0.25, 0.3) is 0 Å². The standard InChI is InChI=1S/C13H15FN2S/c1-2-5-11-12(17-13(15)16-11)8-9-6-3-4-7-10(9)14/h3-4,6-7H,2,5,8H2,1H3,(H2,15,16). The summed E-state index contributed by atoms with van der Waals surface area (Å²) in [6.07, 6.45) is 2.50. The summed E-state index contributed by atoms with van der Waals surface area (Å²) in [6.45, 7) is 2.10. The van der Waals surface area contributed by atoms with E-state index in [-0.39, 0.29) is 5.82 Å². The molecule has 2 aromatic rings. The monoisotopic (exact) mass is 250 g/mol. The van der Waals surface area contributed by atoms with E-state index in [9.17, 15) is 4.39 Å². The molecule has 0 amide bonds. The van der Waals surface area contributed by atoms with Crippen LogP contribution < -0.4 is 5.73 Å². The number of aryl methyl sites for hydroxylation is 1. The molecule has 0 aliphatic heterocycles. The number of hydrogen-bond acceptors (Lipinski definition) is 3. The number of anilines is 1. The van der Waals surface area contributed by atoms with E-state index in [0.29, 0.717) is 17.1 Å². The molecule has 0 radical (unpaired) electrons. The van der Waals surface area contributed by atoms with E-state index in [1.807, 2.05) is 6.07 Å². The summed E-state index contributed by atoms with van der Waals surface area (Å²) >= 11 is 1.46. The molecule has 2 N–H and O–H groups in total. The molecule has 0 bridgehead atoms. The molecule has 17 heavy (non-hydrogen) atoms. The van der Waals surface area contributed by atoms with Crippen molar-refractivity contribution in [3.05, 3.63) is 46.2 Å². The van der Waals surface area contributed by atoms with Crippen LogP contribution >= 0.6 is 11.3 Å². The second-order valence-electron chi connectivity index (χ2n) is 3.94. The van der Waals surface area contributed by atoms with E-state index in [0.717, 1.165) is 23.4 Å². The fraction of sp³-hybridized carbons (Fsp3) is 0.308. The van der Waals surface area contributed by atoms with Crippen LogP contribution in [0.2, 0.25) is 0 Å². The van der Waals surface area contributed by atoms with Gasteiger partial charge in [-0.2, -0.15) is 0 Å². The van der Waals surface area contributed by atoms with Crippen LogP contribution in [0.5, 0.6) is 0 Å². The lowest BCUT2D eigenvalue weighted by atomic mass is 10.1. The average Bonchev–Trinajstić information content (AvgIpc) is 2.63. The molecule has 1 heterocycles. The van der Waals surface area contributed by atoms with E-state index in [1.165, 1.54) is 17.4 Å². The van der Waals surface area contributed by atoms with Crippen LogP contribution in [-0.4, -0.2) is 4.98 Å². The van der Waals surface area contributed by atoms with Gasteiger partial charge in [-0.15, -0.1) is 11.3 Å². The molecule has 4 heteroatoms. The molecule has 2 rings (SSSR count). The van der Waals surface area contributed by atoms with Gasteiger partial charge in [-0.1, -0.05) is 31.5 Å². The molecular weight excluding hydrogens is 235 g/mol. The highest BCUT2D eigenvalue weighted by Gasteiger charge is 2.11. The lowest BCUT2D eigenvalue weighted by Gasteiger charge is -2.02. The SMILES string of the molecule is CCCc1nc(N)sc1Cc1ccccc1F. The van der Waals surface area contributed by atoms with Gasteiger partial charge in [0.1, 0.15) is 5.82 Å². The molecule has 1 aromatic carbocycles. The number of thiazole rings is 1. The van der Waals surface area contributed by atoms with Gasteiger partial charge in [0.15, 0.2) is 5.13 Å². The molecule has 0 unspecified atom stereocenters. The number of hydrogen-bond donors (Lipinski definition) is 1. The number of halogens is 1. The summed E-state index contributed by atoms with van der Waals surface area (Å²) in [6, 6.07) is 6.84. The van der Waals surface area contributed by atoms with Crippen molar-refractivity contribution in [3.63, 3.8) is 0 Å². The summed E-state index contributed by atoms with van der Waals surface area (Å²) in [5, 5.41) is 0.569. The van der Waals surface area contributed by atoms with Gasteiger partial charge >= 0.3 is 0 Å². The van der Waals surface area contributed by atoms with Crippen LogP contribution in [0.25, 0.3) is 0 Å². The van der Waals surface area contributed by atoms with E-state index in [2.05, 4.69) is 11.9 Å². The topological polar surface area (TPSA) is 38.9 Å². The predicted molar refractivity (Wildman–Crippen MR) is 69.7 cm³/mol. The molecule has 0 aliphatic carbocycles. The van der Waals surface area contributed by atoms with Crippen LogP contribution in [0.1, 0.15) is 29.5 Å². The van der Waals surface area contributed by atoms with Crippen molar-refractivity contribution in [2.24, 2.45) is 0 Å². The highest BCUT2D eigenvalue weighted by molar-refractivity contribution is 7.15. The van der Waals surface area contributed by atoms with Gasteiger partial charge < -0.3 is 5.73 Å². The first kappa shape index (κ1) is 12.0. The molecule has 0 fully saturated rings. The Bertz CT molecular complexity index is 508. The smallest absolute Gasteiger partial charge is 0.180 e. The van der Waals surface area contributed by atoms with Gasteiger partial charge in [-0.25, -0.2) is 9.37 Å². The largest absolute Gasteiger partial charge is 0.375 e. The van der Waals surface area contributed by atoms with E-state index in [4.69, 9.17) is 5.73 Å². The molecule has 0 saturated heterocycles. The van der Waals surface area contributed by atoms with Crippen molar-refractivity contribution in [1.82, 2.24) is 4.98 Å². The van der Waals surface area contributed by atoms with Crippen LogP contribution in [0.4, 0.5) is 9.52 Å². The Kier molecular flexibility index (Phi) is 3.74. The van der Waals surface area contributed by atoms with E-state index in [1.54, 1.807) is 12.1 Å². The van der Waals surface area contributed by atoms with Gasteiger partial charge in [-0.05, 0) is 18.1 Å². The fourth-order valence-corrected chi connectivity index (χ4v) is 2.69. The lowest BCUT2D eigenvalue weighted by Crippen LogP contribution is -1.95. The Balaban J connectivity index is 2.26. The van der Waals surface area contributed by atoms with Crippen LogP contribution in [0.15, 0.2) is 24.3 Å². The van der Waals surface area contributed by atoms with Crippen LogP contribution in [-0.2, 0) is 12.8 Å². The predicted octanol–water partition coefficient (Wildman–Crippen LogP) is 3.41. The summed E-state index contributed by atoms with van der Waals surface area (Å²) in [4.78, 5) is 5.38. The second-order valence-corrected chi connectivity index (χ2v) is 5.06. The summed E-state index contributed by atoms with van der Waals surface area (Å²) in [5.74, 6) is -0.165. The van der Waals surface area contributed by atoms with Crippen molar-refractivity contribution in [2.75, 3.05) is 5.73 Å². The van der Waals surface area contributed by atoms with Gasteiger partial charge in [0, 0.05) is 11.3 Å². The van der Waals surface area contributed by atoms with E-state index >= 15 is 0 Å². The third-order valence-electron chi connectivity index (χ3n) is 2.59. The normalized spacial score (nSPS) is 10.7. The minimum atomic E-state index is -0.165. The Hall–Kier alpha value is -1.42. The van der Waals surface area contributed by atoms with Crippen LogP contribution in [0.3, 0.4) is 0 Å². The summed E-state index contributed by atoms with van der Waals surface area (Å²) < 4.78 is 13.6. The van der Waals surface area contributed by atoms with Crippen molar-refractivity contribution >= 4 is 16.5 Å². The minimum absolute atomic E-state index is 0.165. The summed E-state index contributed by atoms with van der Waals surface area (Å²) in [5.41, 5.74) is 7.43. The third kappa shape index (κ3) is 2.82. The minimum Gasteiger partial charge on any atom is -0.375 e. The molecule has 0 atom stereocenters. The number of nitrogens with two attached hydrogens (primary N) is 1. The van der Waals surface area contributed by atoms with E-state index < -0.39 is 0 Å².